The first-order valence-electron chi connectivity index (χ1n) is 5.70. The zero-order chi connectivity index (χ0) is 14.4. The van der Waals surface area contributed by atoms with Gasteiger partial charge in [-0.25, -0.2) is 0 Å². The molecule has 5 nitrogen and oxygen atoms in total. The van der Waals surface area contributed by atoms with Gasteiger partial charge in [-0.1, -0.05) is 18.5 Å². The molecule has 1 rings (SSSR count). The van der Waals surface area contributed by atoms with Crippen molar-refractivity contribution in [1.29, 1.82) is 0 Å². The van der Waals surface area contributed by atoms with Crippen molar-refractivity contribution in [2.45, 2.75) is 18.6 Å². The molecule has 0 aliphatic carbocycles. The highest BCUT2D eigenvalue weighted by Crippen LogP contribution is 2.22. The van der Waals surface area contributed by atoms with Crippen LogP contribution in [0.25, 0.3) is 0 Å². The number of nitro groups is 1. The number of carbonyl (C=O) groups is 1. The SMILES string of the molecule is CSC(C)CCNC(=O)c1ccc([N+](=O)[O-])cc1Cl. The zero-order valence-electron chi connectivity index (χ0n) is 10.7. The highest BCUT2D eigenvalue weighted by molar-refractivity contribution is 7.99. The number of thioether (sulfide) groups is 1. The summed E-state index contributed by atoms with van der Waals surface area (Å²) in [6, 6.07) is 3.82. The van der Waals surface area contributed by atoms with Gasteiger partial charge >= 0.3 is 0 Å². The van der Waals surface area contributed by atoms with Crippen LogP contribution in [0.2, 0.25) is 5.02 Å². The largest absolute Gasteiger partial charge is 0.352 e. The number of benzene rings is 1. The fourth-order valence-corrected chi connectivity index (χ4v) is 2.02. The van der Waals surface area contributed by atoms with Crippen LogP contribution in [0.3, 0.4) is 0 Å². The van der Waals surface area contributed by atoms with Crippen molar-refractivity contribution in [3.63, 3.8) is 0 Å². The predicted octanol–water partition coefficient (Wildman–Crippen LogP) is 3.12. The standard InChI is InChI=1S/C12H15ClN2O3S/c1-8(19-2)5-6-14-12(16)10-4-3-9(15(17)18)7-11(10)13/h3-4,7-8H,5-6H2,1-2H3,(H,14,16). The molecule has 7 heteroatoms. The molecule has 0 aliphatic heterocycles. The van der Waals surface area contributed by atoms with Crippen molar-refractivity contribution >= 4 is 35.0 Å². The van der Waals surface area contributed by atoms with Crippen LogP contribution in [0.5, 0.6) is 0 Å². The Bertz CT molecular complexity index is 482. The number of nitrogens with zero attached hydrogens (tertiary/aromatic N) is 1. The molecule has 0 aliphatic rings. The van der Waals surface area contributed by atoms with E-state index in [0.717, 1.165) is 6.42 Å². The third-order valence-electron chi connectivity index (χ3n) is 2.65. The second-order valence-corrected chi connectivity index (χ2v) is 5.70. The minimum absolute atomic E-state index is 0.0876. The van der Waals surface area contributed by atoms with E-state index in [-0.39, 0.29) is 22.2 Å². The molecule has 0 radical (unpaired) electrons. The van der Waals surface area contributed by atoms with Gasteiger partial charge in [-0.05, 0) is 18.7 Å². The Hall–Kier alpha value is -1.27. The molecule has 0 saturated heterocycles. The van der Waals surface area contributed by atoms with Gasteiger partial charge in [-0.15, -0.1) is 0 Å². The highest BCUT2D eigenvalue weighted by Gasteiger charge is 2.14. The van der Waals surface area contributed by atoms with E-state index >= 15 is 0 Å². The Morgan fingerprint density at radius 2 is 2.26 bits per heavy atom. The third-order valence-corrected chi connectivity index (χ3v) is 4.00. The van der Waals surface area contributed by atoms with E-state index < -0.39 is 4.92 Å². The Kier molecular flexibility index (Phi) is 6.11. The summed E-state index contributed by atoms with van der Waals surface area (Å²) in [7, 11) is 0. The molecular formula is C12H15ClN2O3S. The maximum absolute atomic E-state index is 11.8. The Morgan fingerprint density at radius 1 is 1.58 bits per heavy atom. The van der Waals surface area contributed by atoms with Crippen molar-refractivity contribution < 1.29 is 9.72 Å². The normalized spacial score (nSPS) is 11.9. The van der Waals surface area contributed by atoms with E-state index in [1.807, 2.05) is 6.26 Å². The maximum atomic E-state index is 11.8. The first kappa shape index (κ1) is 15.8. The number of amides is 1. The van der Waals surface area contributed by atoms with E-state index in [4.69, 9.17) is 11.6 Å². The molecule has 1 N–H and O–H groups in total. The van der Waals surface area contributed by atoms with Crippen LogP contribution < -0.4 is 5.32 Å². The van der Waals surface area contributed by atoms with Crippen molar-refractivity contribution in [1.82, 2.24) is 5.32 Å². The average Bonchev–Trinajstić information content (AvgIpc) is 2.37. The fraction of sp³-hybridized carbons (Fsp3) is 0.417. The third kappa shape index (κ3) is 4.72. The molecule has 0 heterocycles. The Balaban J connectivity index is 2.65. The van der Waals surface area contributed by atoms with Crippen LogP contribution in [0, 0.1) is 10.1 Å². The van der Waals surface area contributed by atoms with Crippen LogP contribution in [-0.4, -0.2) is 28.9 Å². The summed E-state index contributed by atoms with van der Waals surface area (Å²) in [5.74, 6) is -0.312. The molecule has 0 bridgehead atoms. The van der Waals surface area contributed by atoms with E-state index in [1.165, 1.54) is 18.2 Å². The lowest BCUT2D eigenvalue weighted by Crippen LogP contribution is -2.26. The lowest BCUT2D eigenvalue weighted by atomic mass is 10.2. The Labute approximate surface area is 120 Å². The van der Waals surface area contributed by atoms with Crippen molar-refractivity contribution in [3.05, 3.63) is 38.9 Å². The summed E-state index contributed by atoms with van der Waals surface area (Å²) < 4.78 is 0. The number of carbonyl (C=O) groups excluding carboxylic acids is 1. The molecule has 1 amide bonds. The summed E-state index contributed by atoms with van der Waals surface area (Å²) in [6.07, 6.45) is 2.87. The average molecular weight is 303 g/mol. The van der Waals surface area contributed by atoms with Crippen molar-refractivity contribution in [3.8, 4) is 0 Å². The molecule has 0 saturated carbocycles. The summed E-state index contributed by atoms with van der Waals surface area (Å²) >= 11 is 7.60. The van der Waals surface area contributed by atoms with Gasteiger partial charge in [0.15, 0.2) is 0 Å². The smallest absolute Gasteiger partial charge is 0.270 e. The molecular weight excluding hydrogens is 288 g/mol. The number of nitro benzene ring substituents is 1. The number of nitrogens with one attached hydrogen (secondary N) is 1. The zero-order valence-corrected chi connectivity index (χ0v) is 12.3. The van der Waals surface area contributed by atoms with Crippen LogP contribution in [0.4, 0.5) is 5.69 Å². The molecule has 19 heavy (non-hydrogen) atoms. The van der Waals surface area contributed by atoms with Gasteiger partial charge in [0.05, 0.1) is 15.5 Å². The summed E-state index contributed by atoms with van der Waals surface area (Å²) in [4.78, 5) is 21.9. The molecule has 104 valence electrons. The first-order valence-corrected chi connectivity index (χ1v) is 7.37. The van der Waals surface area contributed by atoms with Gasteiger partial charge in [0.25, 0.3) is 11.6 Å². The summed E-state index contributed by atoms with van der Waals surface area (Å²) in [6.45, 7) is 2.63. The molecule has 0 aromatic heterocycles. The van der Waals surface area contributed by atoms with E-state index in [1.54, 1.807) is 11.8 Å². The first-order chi connectivity index (χ1) is 8.95. The van der Waals surface area contributed by atoms with Crippen LogP contribution >= 0.6 is 23.4 Å². The maximum Gasteiger partial charge on any atom is 0.270 e. The van der Waals surface area contributed by atoms with Gasteiger partial charge in [-0.2, -0.15) is 11.8 Å². The highest BCUT2D eigenvalue weighted by atomic mass is 35.5. The number of hydrogen-bond acceptors (Lipinski definition) is 4. The fourth-order valence-electron chi connectivity index (χ4n) is 1.40. The molecule has 0 spiro atoms. The van der Waals surface area contributed by atoms with Gasteiger partial charge in [0.1, 0.15) is 0 Å². The molecule has 1 atom stereocenters. The topological polar surface area (TPSA) is 72.2 Å². The lowest BCUT2D eigenvalue weighted by Gasteiger charge is -2.09. The molecule has 1 unspecified atom stereocenters. The van der Waals surface area contributed by atoms with Crippen molar-refractivity contribution in [2.24, 2.45) is 0 Å². The lowest BCUT2D eigenvalue weighted by molar-refractivity contribution is -0.384. The minimum atomic E-state index is -0.548. The number of rotatable bonds is 6. The summed E-state index contributed by atoms with van der Waals surface area (Å²) in [5.41, 5.74) is 0.127. The van der Waals surface area contributed by atoms with Gasteiger partial charge in [0.2, 0.25) is 0 Å². The van der Waals surface area contributed by atoms with E-state index in [0.29, 0.717) is 11.8 Å². The van der Waals surface area contributed by atoms with Crippen molar-refractivity contribution in [2.75, 3.05) is 12.8 Å². The second kappa shape index (κ2) is 7.35. The van der Waals surface area contributed by atoms with Gasteiger partial charge in [-0.3, -0.25) is 14.9 Å². The van der Waals surface area contributed by atoms with Crippen LogP contribution in [0.15, 0.2) is 18.2 Å². The number of hydrogen-bond donors (Lipinski definition) is 1. The molecule has 0 fully saturated rings. The van der Waals surface area contributed by atoms with Crippen LogP contribution in [-0.2, 0) is 0 Å². The Morgan fingerprint density at radius 3 is 2.79 bits per heavy atom. The number of non-ortho nitro benzene ring substituents is 1. The van der Waals surface area contributed by atoms with E-state index in [2.05, 4.69) is 12.2 Å². The minimum Gasteiger partial charge on any atom is -0.352 e. The van der Waals surface area contributed by atoms with Crippen LogP contribution in [0.1, 0.15) is 23.7 Å². The quantitative estimate of drug-likeness (QED) is 0.647. The monoisotopic (exact) mass is 302 g/mol. The summed E-state index contributed by atoms with van der Waals surface area (Å²) in [5, 5.41) is 13.9. The molecule has 1 aromatic rings. The van der Waals surface area contributed by atoms with Gasteiger partial charge < -0.3 is 5.32 Å². The second-order valence-electron chi connectivity index (χ2n) is 4.01. The predicted molar refractivity (Wildman–Crippen MR) is 78.0 cm³/mol. The molecule has 1 aromatic carbocycles. The number of halogens is 1. The van der Waals surface area contributed by atoms with E-state index in [9.17, 15) is 14.9 Å². The van der Waals surface area contributed by atoms with Gasteiger partial charge in [0, 0.05) is 23.9 Å².